The van der Waals surface area contributed by atoms with Gasteiger partial charge in [-0.15, -0.1) is 0 Å². The van der Waals surface area contributed by atoms with Gasteiger partial charge in [0.15, 0.2) is 11.5 Å². The van der Waals surface area contributed by atoms with Gasteiger partial charge < -0.3 is 19.5 Å². The van der Waals surface area contributed by atoms with E-state index in [4.69, 9.17) is 14.2 Å². The van der Waals surface area contributed by atoms with Gasteiger partial charge in [-0.2, -0.15) is 0 Å². The van der Waals surface area contributed by atoms with Crippen molar-refractivity contribution in [3.8, 4) is 28.4 Å². The van der Waals surface area contributed by atoms with Crippen LogP contribution >= 0.6 is 0 Å². The van der Waals surface area contributed by atoms with Gasteiger partial charge >= 0.3 is 0 Å². The number of hydrogen-bond donors (Lipinski definition) is 1. The first kappa shape index (κ1) is 18.6. The molecule has 1 N–H and O–H groups in total. The zero-order valence-corrected chi connectivity index (χ0v) is 17.0. The fraction of sp³-hybridized carbons (Fsp3) is 0.240. The van der Waals surface area contributed by atoms with Gasteiger partial charge in [0.05, 0.1) is 12.5 Å². The molecule has 0 aromatic heterocycles. The summed E-state index contributed by atoms with van der Waals surface area (Å²) in [5.74, 6) is 2.29. The normalized spacial score (nSPS) is 15.5. The minimum Gasteiger partial charge on any atom is -0.497 e. The second-order valence-electron chi connectivity index (χ2n) is 7.86. The first-order valence-corrected chi connectivity index (χ1v) is 10.1. The first-order chi connectivity index (χ1) is 14.6. The van der Waals surface area contributed by atoms with Crippen LogP contribution in [0, 0.1) is 6.92 Å². The molecule has 0 spiro atoms. The molecule has 5 nitrogen and oxygen atoms in total. The Morgan fingerprint density at radius 3 is 2.40 bits per heavy atom. The van der Waals surface area contributed by atoms with Crippen molar-refractivity contribution in [1.82, 2.24) is 0 Å². The Balaban J connectivity index is 1.40. The molecule has 1 aliphatic heterocycles. The van der Waals surface area contributed by atoms with Crippen LogP contribution in [0.5, 0.6) is 17.2 Å². The Kier molecular flexibility index (Phi) is 4.39. The van der Waals surface area contributed by atoms with Crippen molar-refractivity contribution >= 4 is 11.6 Å². The highest BCUT2D eigenvalue weighted by atomic mass is 16.7. The van der Waals surface area contributed by atoms with Crippen LogP contribution < -0.4 is 19.5 Å². The van der Waals surface area contributed by atoms with E-state index in [2.05, 4.69) is 11.4 Å². The van der Waals surface area contributed by atoms with E-state index >= 15 is 0 Å². The summed E-state index contributed by atoms with van der Waals surface area (Å²) >= 11 is 0. The van der Waals surface area contributed by atoms with Crippen molar-refractivity contribution in [3.05, 3.63) is 71.8 Å². The van der Waals surface area contributed by atoms with Crippen molar-refractivity contribution in [1.29, 1.82) is 0 Å². The van der Waals surface area contributed by atoms with Gasteiger partial charge in [-0.3, -0.25) is 4.79 Å². The number of carbonyl (C=O) groups is 1. The molecule has 1 fully saturated rings. The van der Waals surface area contributed by atoms with Crippen molar-refractivity contribution in [3.63, 3.8) is 0 Å². The number of amides is 1. The van der Waals surface area contributed by atoms with Gasteiger partial charge in [0, 0.05) is 5.69 Å². The molecule has 30 heavy (non-hydrogen) atoms. The summed E-state index contributed by atoms with van der Waals surface area (Å²) in [5.41, 5.74) is 4.47. The zero-order valence-electron chi connectivity index (χ0n) is 17.0. The van der Waals surface area contributed by atoms with Crippen molar-refractivity contribution in [2.75, 3.05) is 19.2 Å². The third kappa shape index (κ3) is 3.16. The number of anilines is 1. The third-order valence-electron chi connectivity index (χ3n) is 6.02. The predicted molar refractivity (Wildman–Crippen MR) is 115 cm³/mol. The lowest BCUT2D eigenvalue weighted by molar-refractivity contribution is -0.118. The first-order valence-electron chi connectivity index (χ1n) is 10.1. The number of fused-ring (bicyclic) bond motifs is 1. The maximum Gasteiger partial charge on any atom is 0.235 e. The molecule has 0 saturated heterocycles. The van der Waals surface area contributed by atoms with E-state index in [0.29, 0.717) is 5.75 Å². The van der Waals surface area contributed by atoms with E-state index in [0.717, 1.165) is 52.3 Å². The molecule has 1 amide bonds. The second-order valence-corrected chi connectivity index (χ2v) is 7.86. The van der Waals surface area contributed by atoms with Gasteiger partial charge in [-0.1, -0.05) is 30.3 Å². The predicted octanol–water partition coefficient (Wildman–Crippen LogP) is 5.07. The molecule has 152 valence electrons. The fourth-order valence-corrected chi connectivity index (χ4v) is 3.93. The van der Waals surface area contributed by atoms with Crippen molar-refractivity contribution < 1.29 is 19.0 Å². The standard InChI is InChI=1S/C25H23NO4/c1-16-3-4-18(17-5-8-20(28-2)9-6-17)13-21(16)26-24(27)25(11-12-25)19-7-10-22-23(14-19)30-15-29-22/h3-10,13-14H,11-12,15H2,1-2H3,(H,26,27). The number of carbonyl (C=O) groups excluding carboxylic acids is 1. The Bertz CT molecular complexity index is 1120. The molecule has 0 unspecified atom stereocenters. The van der Waals surface area contributed by atoms with Crippen LogP contribution in [0.3, 0.4) is 0 Å². The molecule has 2 aliphatic rings. The van der Waals surface area contributed by atoms with Crippen molar-refractivity contribution in [2.24, 2.45) is 0 Å². The average Bonchev–Trinajstić information content (AvgIpc) is 3.46. The zero-order chi connectivity index (χ0) is 20.7. The van der Waals surface area contributed by atoms with E-state index in [-0.39, 0.29) is 12.7 Å². The van der Waals surface area contributed by atoms with Crippen LogP contribution in [0.4, 0.5) is 5.69 Å². The van der Waals surface area contributed by atoms with E-state index in [9.17, 15) is 4.79 Å². The van der Waals surface area contributed by atoms with E-state index in [1.807, 2.05) is 61.5 Å². The fourth-order valence-electron chi connectivity index (χ4n) is 3.93. The summed E-state index contributed by atoms with van der Waals surface area (Å²) in [5, 5.41) is 3.18. The largest absolute Gasteiger partial charge is 0.497 e. The van der Waals surface area contributed by atoms with Crippen LogP contribution in [0.2, 0.25) is 0 Å². The van der Waals surface area contributed by atoms with Crippen LogP contribution in [-0.4, -0.2) is 19.8 Å². The Morgan fingerprint density at radius 1 is 0.933 bits per heavy atom. The van der Waals surface area contributed by atoms with E-state index < -0.39 is 5.41 Å². The molecule has 0 atom stereocenters. The third-order valence-corrected chi connectivity index (χ3v) is 6.02. The summed E-state index contributed by atoms with van der Waals surface area (Å²) < 4.78 is 16.1. The smallest absolute Gasteiger partial charge is 0.235 e. The number of aryl methyl sites for hydroxylation is 1. The molecular formula is C25H23NO4. The van der Waals surface area contributed by atoms with Gasteiger partial charge in [-0.25, -0.2) is 0 Å². The van der Waals surface area contributed by atoms with Crippen LogP contribution in [0.1, 0.15) is 24.0 Å². The Labute approximate surface area is 175 Å². The number of ether oxygens (including phenoxy) is 3. The minimum absolute atomic E-state index is 0.0244. The minimum atomic E-state index is -0.496. The summed E-state index contributed by atoms with van der Waals surface area (Å²) in [4.78, 5) is 13.3. The number of rotatable bonds is 5. The van der Waals surface area contributed by atoms with Crippen LogP contribution in [0.25, 0.3) is 11.1 Å². The lowest BCUT2D eigenvalue weighted by atomic mass is 9.94. The van der Waals surface area contributed by atoms with Gasteiger partial charge in [-0.05, 0) is 72.4 Å². The molecule has 0 radical (unpaired) electrons. The Hall–Kier alpha value is -3.47. The monoisotopic (exact) mass is 401 g/mol. The number of nitrogens with one attached hydrogen (secondary N) is 1. The highest BCUT2D eigenvalue weighted by Gasteiger charge is 2.51. The highest BCUT2D eigenvalue weighted by molar-refractivity contribution is 6.02. The molecule has 1 saturated carbocycles. The molecule has 3 aromatic carbocycles. The maximum absolute atomic E-state index is 13.3. The SMILES string of the molecule is COc1ccc(-c2ccc(C)c(NC(=O)C3(c4ccc5c(c4)OCO5)CC3)c2)cc1. The highest BCUT2D eigenvalue weighted by Crippen LogP contribution is 2.51. The van der Waals surface area contributed by atoms with Gasteiger partial charge in [0.1, 0.15) is 5.75 Å². The van der Waals surface area contributed by atoms with Gasteiger partial charge in [0.25, 0.3) is 0 Å². The number of benzene rings is 3. The molecule has 1 aliphatic carbocycles. The lowest BCUT2D eigenvalue weighted by Gasteiger charge is -2.18. The van der Waals surface area contributed by atoms with Gasteiger partial charge in [0.2, 0.25) is 12.7 Å². The summed E-state index contributed by atoms with van der Waals surface area (Å²) in [6.07, 6.45) is 1.66. The molecule has 3 aromatic rings. The van der Waals surface area contributed by atoms with E-state index in [1.165, 1.54) is 0 Å². The lowest BCUT2D eigenvalue weighted by Crippen LogP contribution is -2.28. The molecular weight excluding hydrogens is 378 g/mol. The maximum atomic E-state index is 13.3. The number of methoxy groups -OCH3 is 1. The molecule has 0 bridgehead atoms. The summed E-state index contributed by atoms with van der Waals surface area (Å²) in [7, 11) is 1.66. The second kappa shape index (κ2) is 7.10. The van der Waals surface area contributed by atoms with Crippen LogP contribution in [-0.2, 0) is 10.2 Å². The summed E-state index contributed by atoms with van der Waals surface area (Å²) in [6, 6.07) is 19.8. The molecule has 1 heterocycles. The average molecular weight is 401 g/mol. The van der Waals surface area contributed by atoms with E-state index in [1.54, 1.807) is 7.11 Å². The molecule has 5 heteroatoms. The summed E-state index contributed by atoms with van der Waals surface area (Å²) in [6.45, 7) is 2.24. The Morgan fingerprint density at radius 2 is 1.67 bits per heavy atom. The number of hydrogen-bond acceptors (Lipinski definition) is 4. The quantitative estimate of drug-likeness (QED) is 0.649. The van der Waals surface area contributed by atoms with Crippen LogP contribution in [0.15, 0.2) is 60.7 Å². The van der Waals surface area contributed by atoms with Crippen molar-refractivity contribution in [2.45, 2.75) is 25.2 Å². The topological polar surface area (TPSA) is 56.8 Å². The molecule has 5 rings (SSSR count).